The normalized spacial score (nSPS) is 9.32. The highest BCUT2D eigenvalue weighted by Crippen LogP contribution is 2.35. The van der Waals surface area contributed by atoms with Gasteiger partial charge in [-0.05, 0) is 0 Å². The summed E-state index contributed by atoms with van der Waals surface area (Å²) in [6, 6.07) is 1.49. The number of quaternary nitrogens is 1. The van der Waals surface area contributed by atoms with Gasteiger partial charge in [0.2, 0.25) is 0 Å². The number of nitro groups is 2. The number of rotatable bonds is 6. The Bertz CT molecular complexity index is 594. The molecule has 5 N–H and O–H groups in total. The first kappa shape index (κ1) is 18.7. The number of carbonyl (C=O) groups is 2. The van der Waals surface area contributed by atoms with Crippen molar-refractivity contribution in [2.24, 2.45) is 0 Å². The number of nitro benzene ring substituents is 2. The molecule has 0 aliphatic rings. The third-order valence-corrected chi connectivity index (χ3v) is 2.32. The predicted octanol–water partition coefficient (Wildman–Crippen LogP) is -0.172. The quantitative estimate of drug-likeness (QED) is 0.405. The molecule has 0 unspecified atom stereocenters. The molecule has 0 spiro atoms. The standard InChI is InChI=1S/C10H9N3O8.H3N/c1-21-10(16)5-2-6(12(17)18)9(11-4-8(14)15)7(3-5)13(19)20;/h2-3,11H,4H2,1H3,(H,14,15);1H3. The number of carboxylic acids is 1. The van der Waals surface area contributed by atoms with Gasteiger partial charge in [-0.2, -0.15) is 0 Å². The molecule has 12 heteroatoms. The summed E-state index contributed by atoms with van der Waals surface area (Å²) in [6.07, 6.45) is 0. The van der Waals surface area contributed by atoms with Crippen molar-refractivity contribution in [3.05, 3.63) is 37.9 Å². The zero-order valence-corrected chi connectivity index (χ0v) is 11.5. The summed E-state index contributed by atoms with van der Waals surface area (Å²) >= 11 is 0. The van der Waals surface area contributed by atoms with Crippen molar-refractivity contribution in [3.8, 4) is 0 Å². The topological polar surface area (TPSA) is 201 Å². The van der Waals surface area contributed by atoms with Crippen molar-refractivity contribution in [3.63, 3.8) is 0 Å². The molecular formula is C10H12N4O8. The van der Waals surface area contributed by atoms with Gasteiger partial charge in [0.25, 0.3) is 11.4 Å². The summed E-state index contributed by atoms with van der Waals surface area (Å²) in [7, 11) is 1.00. The van der Waals surface area contributed by atoms with Crippen LogP contribution in [-0.4, -0.2) is 35.4 Å². The maximum Gasteiger partial charge on any atom is 0.338 e. The van der Waals surface area contributed by atoms with Crippen LogP contribution in [0.25, 0.3) is 0 Å². The van der Waals surface area contributed by atoms with Crippen molar-refractivity contribution in [1.29, 1.82) is 0 Å². The molecule has 0 saturated heterocycles. The van der Waals surface area contributed by atoms with Gasteiger partial charge in [-0.1, -0.05) is 0 Å². The fourth-order valence-corrected chi connectivity index (χ4v) is 1.48. The molecule has 0 heterocycles. The highest BCUT2D eigenvalue weighted by atomic mass is 16.6. The van der Waals surface area contributed by atoms with Gasteiger partial charge < -0.3 is 26.1 Å². The predicted molar refractivity (Wildman–Crippen MR) is 70.6 cm³/mol. The molecule has 22 heavy (non-hydrogen) atoms. The molecule has 1 rings (SSSR count). The molecule has 0 bridgehead atoms. The number of anilines is 1. The minimum atomic E-state index is -1.62. The van der Waals surface area contributed by atoms with Crippen LogP contribution in [0.3, 0.4) is 0 Å². The average Bonchev–Trinajstić information content (AvgIpc) is 2.42. The van der Waals surface area contributed by atoms with Gasteiger partial charge in [-0.15, -0.1) is 0 Å². The number of esters is 1. The summed E-state index contributed by atoms with van der Waals surface area (Å²) in [5.74, 6) is -2.62. The van der Waals surface area contributed by atoms with Crippen molar-refractivity contribution < 1.29 is 29.3 Å². The van der Waals surface area contributed by atoms with Gasteiger partial charge in [0, 0.05) is 12.1 Å². The van der Waals surface area contributed by atoms with E-state index in [1.807, 2.05) is 5.32 Å². The Balaban J connectivity index is 0.00000441. The van der Waals surface area contributed by atoms with E-state index in [9.17, 15) is 34.9 Å². The lowest BCUT2D eigenvalue weighted by molar-refractivity contribution is -0.392. The van der Waals surface area contributed by atoms with Crippen LogP contribution in [-0.2, 0) is 9.53 Å². The average molecular weight is 316 g/mol. The monoisotopic (exact) mass is 316 g/mol. The van der Waals surface area contributed by atoms with Crippen LogP contribution in [0.15, 0.2) is 12.1 Å². The zero-order valence-electron chi connectivity index (χ0n) is 11.5. The van der Waals surface area contributed by atoms with Gasteiger partial charge in [0.15, 0.2) is 5.69 Å². The second kappa shape index (κ2) is 7.49. The summed E-state index contributed by atoms with van der Waals surface area (Å²) in [6.45, 7) is -0.876. The molecule has 0 amide bonds. The van der Waals surface area contributed by atoms with Gasteiger partial charge in [-0.3, -0.25) is 20.2 Å². The van der Waals surface area contributed by atoms with Crippen LogP contribution in [0.1, 0.15) is 10.4 Å². The minimum absolute atomic E-state index is 0. The number of carbonyl (C=O) groups excluding carboxylic acids is 2. The molecule has 0 aromatic heterocycles. The van der Waals surface area contributed by atoms with Gasteiger partial charge in [-0.25, -0.2) is 4.79 Å². The van der Waals surface area contributed by atoms with Crippen LogP contribution >= 0.6 is 0 Å². The molecule has 12 nitrogen and oxygen atoms in total. The van der Waals surface area contributed by atoms with E-state index in [1.54, 1.807) is 0 Å². The molecule has 0 radical (unpaired) electrons. The zero-order chi connectivity index (χ0) is 16.2. The Morgan fingerprint density at radius 3 is 1.95 bits per heavy atom. The van der Waals surface area contributed by atoms with Crippen LogP contribution in [0, 0.1) is 20.2 Å². The Morgan fingerprint density at radius 1 is 1.18 bits per heavy atom. The van der Waals surface area contributed by atoms with Gasteiger partial charge >= 0.3 is 5.97 Å². The van der Waals surface area contributed by atoms with Crippen LogP contribution in [0.5, 0.6) is 0 Å². The lowest BCUT2D eigenvalue weighted by Crippen LogP contribution is -2.30. The smallest absolute Gasteiger partial charge is 0.338 e. The van der Waals surface area contributed by atoms with Gasteiger partial charge in [0.05, 0.1) is 35.0 Å². The van der Waals surface area contributed by atoms with E-state index in [0.29, 0.717) is 0 Å². The molecule has 1 aromatic rings. The summed E-state index contributed by atoms with van der Waals surface area (Å²) in [5.41, 5.74) is -2.70. The molecule has 0 fully saturated rings. The van der Waals surface area contributed by atoms with E-state index in [-0.39, 0.29) is 6.15 Å². The third-order valence-electron chi connectivity index (χ3n) is 2.32. The highest BCUT2D eigenvalue weighted by molar-refractivity contribution is 5.94. The number of hydrogen-bond acceptors (Lipinski definition) is 9. The number of aliphatic carboxylic acids is 1. The number of benzene rings is 1. The number of nitrogens with zero attached hydrogens (tertiary/aromatic N) is 2. The molecule has 0 atom stereocenters. The number of hydrogen-bond donors (Lipinski definition) is 2. The number of ether oxygens (including phenoxy) is 1. The lowest BCUT2D eigenvalue weighted by atomic mass is 10.1. The molecule has 0 saturated carbocycles. The van der Waals surface area contributed by atoms with Gasteiger partial charge in [0.1, 0.15) is 0 Å². The van der Waals surface area contributed by atoms with E-state index in [2.05, 4.69) is 4.74 Å². The Morgan fingerprint density at radius 2 is 1.64 bits per heavy atom. The van der Waals surface area contributed by atoms with Crippen LogP contribution in [0.2, 0.25) is 0 Å². The SMILES string of the molecule is COC(=O)c1cc([N+](=O)[O-])c(NCC(=O)[O-])c([N+](=O)[O-])c1.[NH4+]. The molecule has 1 aromatic carbocycles. The second-order valence-corrected chi connectivity index (χ2v) is 3.62. The van der Waals surface area contributed by atoms with Crippen LogP contribution < -0.4 is 16.6 Å². The van der Waals surface area contributed by atoms with Crippen molar-refractivity contribution in [1.82, 2.24) is 6.15 Å². The summed E-state index contributed by atoms with van der Waals surface area (Å²) < 4.78 is 4.34. The number of methoxy groups -OCH3 is 1. The lowest BCUT2D eigenvalue weighted by Gasteiger charge is -2.09. The largest absolute Gasteiger partial charge is 0.548 e. The van der Waals surface area contributed by atoms with E-state index in [4.69, 9.17) is 0 Å². The number of carboxylic acid groups (broad SMARTS) is 1. The van der Waals surface area contributed by atoms with Crippen molar-refractivity contribution in [2.75, 3.05) is 19.0 Å². The second-order valence-electron chi connectivity index (χ2n) is 3.62. The maximum absolute atomic E-state index is 11.3. The molecule has 120 valence electrons. The number of nitrogens with one attached hydrogen (secondary N) is 1. The fourth-order valence-electron chi connectivity index (χ4n) is 1.48. The Kier molecular flexibility index (Phi) is 6.37. The first-order valence-corrected chi connectivity index (χ1v) is 5.26. The maximum atomic E-state index is 11.3. The Hall–Kier alpha value is -3.28. The van der Waals surface area contributed by atoms with E-state index >= 15 is 0 Å². The first-order valence-electron chi connectivity index (χ1n) is 5.26. The van der Waals surface area contributed by atoms with E-state index in [1.165, 1.54) is 0 Å². The molecular weight excluding hydrogens is 304 g/mol. The molecule has 0 aliphatic carbocycles. The van der Waals surface area contributed by atoms with E-state index < -0.39 is 51.0 Å². The Labute approximate surface area is 122 Å². The van der Waals surface area contributed by atoms with Crippen molar-refractivity contribution in [2.45, 2.75) is 0 Å². The van der Waals surface area contributed by atoms with Crippen molar-refractivity contribution >= 4 is 29.0 Å². The highest BCUT2D eigenvalue weighted by Gasteiger charge is 2.28. The minimum Gasteiger partial charge on any atom is -0.548 e. The fraction of sp³-hybridized carbons (Fsp3) is 0.200. The summed E-state index contributed by atoms with van der Waals surface area (Å²) in [4.78, 5) is 41.6. The van der Waals surface area contributed by atoms with Crippen LogP contribution in [0.4, 0.5) is 17.1 Å². The molecule has 0 aliphatic heterocycles. The van der Waals surface area contributed by atoms with E-state index in [0.717, 1.165) is 19.2 Å². The summed E-state index contributed by atoms with van der Waals surface area (Å²) in [5, 5.41) is 34.3. The first-order chi connectivity index (χ1) is 9.77. The third kappa shape index (κ3) is 4.11.